The highest BCUT2D eigenvalue weighted by Crippen LogP contribution is 2.14. The van der Waals surface area contributed by atoms with Crippen LogP contribution in [0.15, 0.2) is 48.5 Å². The van der Waals surface area contributed by atoms with Gasteiger partial charge in [0.2, 0.25) is 5.91 Å². The molecule has 112 valence electrons. The van der Waals surface area contributed by atoms with Crippen molar-refractivity contribution in [3.63, 3.8) is 0 Å². The van der Waals surface area contributed by atoms with E-state index < -0.39 is 6.04 Å². The van der Waals surface area contributed by atoms with E-state index in [0.29, 0.717) is 11.3 Å². The van der Waals surface area contributed by atoms with Gasteiger partial charge in [0.15, 0.2) is 0 Å². The quantitative estimate of drug-likeness (QED) is 0.923. The van der Waals surface area contributed by atoms with E-state index in [0.717, 1.165) is 5.56 Å². The zero-order valence-electron chi connectivity index (χ0n) is 12.0. The van der Waals surface area contributed by atoms with Crippen LogP contribution in [0.2, 0.25) is 0 Å². The number of methoxy groups -OCH3 is 1. The molecule has 2 rings (SSSR count). The molecule has 1 amide bonds. The lowest BCUT2D eigenvalue weighted by molar-refractivity contribution is -0.120. The van der Waals surface area contributed by atoms with Crippen molar-refractivity contribution in [2.45, 2.75) is 12.5 Å². The van der Waals surface area contributed by atoms with Gasteiger partial charge in [-0.05, 0) is 35.4 Å². The van der Waals surface area contributed by atoms with Gasteiger partial charge in [0, 0.05) is 0 Å². The Balaban J connectivity index is 2.00. The highest BCUT2D eigenvalue weighted by molar-refractivity contribution is 5.79. The molecule has 2 aromatic rings. The zero-order chi connectivity index (χ0) is 15.9. The van der Waals surface area contributed by atoms with Crippen molar-refractivity contribution in [1.29, 1.82) is 5.26 Å². The van der Waals surface area contributed by atoms with E-state index in [9.17, 15) is 9.18 Å². The van der Waals surface area contributed by atoms with Crippen LogP contribution in [0.1, 0.15) is 17.2 Å². The Labute approximate surface area is 128 Å². The van der Waals surface area contributed by atoms with Gasteiger partial charge in [-0.1, -0.05) is 24.3 Å². The first-order valence-electron chi connectivity index (χ1n) is 6.69. The number of ether oxygens (including phenoxy) is 1. The Bertz CT molecular complexity index is 675. The Morgan fingerprint density at radius 3 is 2.41 bits per heavy atom. The van der Waals surface area contributed by atoms with E-state index in [2.05, 4.69) is 5.32 Å². The lowest BCUT2D eigenvalue weighted by Gasteiger charge is -2.12. The van der Waals surface area contributed by atoms with Crippen molar-refractivity contribution < 1.29 is 13.9 Å². The van der Waals surface area contributed by atoms with Gasteiger partial charge in [0.1, 0.15) is 17.6 Å². The second kappa shape index (κ2) is 7.23. The molecule has 0 unspecified atom stereocenters. The lowest BCUT2D eigenvalue weighted by atomic mass is 10.1. The molecule has 22 heavy (non-hydrogen) atoms. The molecule has 0 aliphatic carbocycles. The van der Waals surface area contributed by atoms with Gasteiger partial charge in [0.05, 0.1) is 19.6 Å². The van der Waals surface area contributed by atoms with Crippen LogP contribution in [0.3, 0.4) is 0 Å². The molecule has 2 aromatic carbocycles. The standard InChI is InChI=1S/C17H15FN2O2/c1-22-15-8-2-12(3-9-15)10-17(21)20-16(11-19)13-4-6-14(18)7-5-13/h2-9,16H,10H2,1H3,(H,20,21)/t16-/m1/s1. The predicted octanol–water partition coefficient (Wildman–Crippen LogP) is 2.76. The Morgan fingerprint density at radius 1 is 1.23 bits per heavy atom. The molecule has 0 fully saturated rings. The first kappa shape index (κ1) is 15.5. The number of carbonyl (C=O) groups excluding carboxylic acids is 1. The summed E-state index contributed by atoms with van der Waals surface area (Å²) in [7, 11) is 1.57. The molecule has 4 nitrogen and oxygen atoms in total. The summed E-state index contributed by atoms with van der Waals surface area (Å²) in [6.45, 7) is 0. The topological polar surface area (TPSA) is 62.1 Å². The number of nitrogens with one attached hydrogen (secondary N) is 1. The minimum Gasteiger partial charge on any atom is -0.497 e. The van der Waals surface area contributed by atoms with E-state index in [1.165, 1.54) is 24.3 Å². The van der Waals surface area contributed by atoms with E-state index in [1.807, 2.05) is 6.07 Å². The number of rotatable bonds is 5. The number of hydrogen-bond donors (Lipinski definition) is 1. The van der Waals surface area contributed by atoms with E-state index in [-0.39, 0.29) is 18.1 Å². The van der Waals surface area contributed by atoms with E-state index in [1.54, 1.807) is 31.4 Å². The average Bonchev–Trinajstić information content (AvgIpc) is 2.54. The van der Waals surface area contributed by atoms with Crippen molar-refractivity contribution in [3.8, 4) is 11.8 Å². The second-order valence-electron chi connectivity index (χ2n) is 4.71. The van der Waals surface area contributed by atoms with Gasteiger partial charge in [-0.2, -0.15) is 5.26 Å². The molecule has 0 bridgehead atoms. The third kappa shape index (κ3) is 4.06. The number of amides is 1. The summed E-state index contributed by atoms with van der Waals surface area (Å²) < 4.78 is 17.9. The van der Waals surface area contributed by atoms with Crippen LogP contribution in [0.4, 0.5) is 4.39 Å². The molecule has 0 saturated carbocycles. The van der Waals surface area contributed by atoms with E-state index in [4.69, 9.17) is 10.00 Å². The third-order valence-corrected chi connectivity index (χ3v) is 3.16. The number of carbonyl (C=O) groups is 1. The van der Waals surface area contributed by atoms with Crippen molar-refractivity contribution in [3.05, 3.63) is 65.5 Å². The highest BCUT2D eigenvalue weighted by atomic mass is 19.1. The van der Waals surface area contributed by atoms with Crippen molar-refractivity contribution >= 4 is 5.91 Å². The van der Waals surface area contributed by atoms with Crippen LogP contribution in [0.5, 0.6) is 5.75 Å². The van der Waals surface area contributed by atoms with Gasteiger partial charge in [-0.15, -0.1) is 0 Å². The molecule has 0 aliphatic heterocycles. The fourth-order valence-corrected chi connectivity index (χ4v) is 1.99. The Kier molecular flexibility index (Phi) is 5.10. The first-order valence-corrected chi connectivity index (χ1v) is 6.69. The Morgan fingerprint density at radius 2 is 1.86 bits per heavy atom. The summed E-state index contributed by atoms with van der Waals surface area (Å²) in [4.78, 5) is 12.0. The summed E-state index contributed by atoms with van der Waals surface area (Å²) in [5.74, 6) is 0.0522. The normalized spacial score (nSPS) is 11.3. The predicted molar refractivity (Wildman–Crippen MR) is 79.6 cm³/mol. The zero-order valence-corrected chi connectivity index (χ0v) is 12.0. The lowest BCUT2D eigenvalue weighted by Crippen LogP contribution is -2.29. The molecule has 5 heteroatoms. The largest absolute Gasteiger partial charge is 0.497 e. The smallest absolute Gasteiger partial charge is 0.225 e. The minimum atomic E-state index is -0.800. The van der Waals surface area contributed by atoms with Gasteiger partial charge in [0.25, 0.3) is 0 Å². The average molecular weight is 298 g/mol. The number of nitriles is 1. The van der Waals surface area contributed by atoms with Gasteiger partial charge < -0.3 is 10.1 Å². The van der Waals surface area contributed by atoms with Gasteiger partial charge in [-0.25, -0.2) is 4.39 Å². The second-order valence-corrected chi connectivity index (χ2v) is 4.71. The number of halogens is 1. The van der Waals surface area contributed by atoms with Crippen LogP contribution >= 0.6 is 0 Å². The summed E-state index contributed by atoms with van der Waals surface area (Å²) in [6.07, 6.45) is 0.156. The number of benzene rings is 2. The third-order valence-electron chi connectivity index (χ3n) is 3.16. The fraction of sp³-hybridized carbons (Fsp3) is 0.176. The monoisotopic (exact) mass is 298 g/mol. The molecule has 1 N–H and O–H groups in total. The van der Waals surface area contributed by atoms with Crippen molar-refractivity contribution in [1.82, 2.24) is 5.32 Å². The SMILES string of the molecule is COc1ccc(CC(=O)N[C@H](C#N)c2ccc(F)cc2)cc1. The molecule has 0 aliphatic rings. The van der Waals surface area contributed by atoms with Gasteiger partial charge >= 0.3 is 0 Å². The molecule has 0 heterocycles. The van der Waals surface area contributed by atoms with Crippen LogP contribution < -0.4 is 10.1 Å². The molecule has 0 aromatic heterocycles. The molecule has 1 atom stereocenters. The maximum Gasteiger partial charge on any atom is 0.225 e. The van der Waals surface area contributed by atoms with Crippen molar-refractivity contribution in [2.75, 3.05) is 7.11 Å². The van der Waals surface area contributed by atoms with Crippen LogP contribution in [0.25, 0.3) is 0 Å². The van der Waals surface area contributed by atoms with Crippen LogP contribution in [-0.2, 0) is 11.2 Å². The van der Waals surface area contributed by atoms with Crippen molar-refractivity contribution in [2.24, 2.45) is 0 Å². The molecule has 0 saturated heterocycles. The summed E-state index contributed by atoms with van der Waals surface area (Å²) in [5.41, 5.74) is 1.36. The molecule has 0 radical (unpaired) electrons. The van der Waals surface area contributed by atoms with Crippen LogP contribution in [-0.4, -0.2) is 13.0 Å². The summed E-state index contributed by atoms with van der Waals surface area (Å²) >= 11 is 0. The fourth-order valence-electron chi connectivity index (χ4n) is 1.99. The summed E-state index contributed by atoms with van der Waals surface area (Å²) in [6, 6.07) is 13.8. The highest BCUT2D eigenvalue weighted by Gasteiger charge is 2.14. The molecular weight excluding hydrogens is 283 g/mol. The molecule has 0 spiro atoms. The Hall–Kier alpha value is -2.87. The van der Waals surface area contributed by atoms with Gasteiger partial charge in [-0.3, -0.25) is 4.79 Å². The molecular formula is C17H15FN2O2. The maximum absolute atomic E-state index is 12.9. The van der Waals surface area contributed by atoms with E-state index >= 15 is 0 Å². The maximum atomic E-state index is 12.9. The number of hydrogen-bond acceptors (Lipinski definition) is 3. The first-order chi connectivity index (χ1) is 10.6. The van der Waals surface area contributed by atoms with Crippen LogP contribution in [0, 0.1) is 17.1 Å². The number of nitrogens with zero attached hydrogens (tertiary/aromatic N) is 1. The summed E-state index contributed by atoms with van der Waals surface area (Å²) in [5, 5.41) is 11.8. The minimum absolute atomic E-state index is 0.156.